The van der Waals surface area contributed by atoms with Crippen LogP contribution in [0.4, 0.5) is 0 Å². The lowest BCUT2D eigenvalue weighted by Crippen LogP contribution is -2.52. The zero-order valence-corrected chi connectivity index (χ0v) is 18.2. The molecule has 2 aliphatic rings. The average Bonchev–Trinajstić information content (AvgIpc) is 3.51. The molecule has 2 fully saturated rings. The Bertz CT molecular complexity index is 1410. The van der Waals surface area contributed by atoms with E-state index in [-0.39, 0.29) is 29.5 Å². The van der Waals surface area contributed by atoms with Crippen molar-refractivity contribution in [1.82, 2.24) is 29.3 Å². The van der Waals surface area contributed by atoms with Crippen molar-refractivity contribution in [3.05, 3.63) is 82.0 Å². The fourth-order valence-electron chi connectivity index (χ4n) is 5.54. The van der Waals surface area contributed by atoms with Gasteiger partial charge in [0.2, 0.25) is 5.95 Å². The van der Waals surface area contributed by atoms with Gasteiger partial charge in [-0.15, -0.1) is 5.10 Å². The monoisotopic (exact) mass is 444 g/mol. The van der Waals surface area contributed by atoms with E-state index >= 15 is 0 Å². The van der Waals surface area contributed by atoms with Crippen LogP contribution in [0.3, 0.4) is 0 Å². The summed E-state index contributed by atoms with van der Waals surface area (Å²) in [6.07, 6.45) is 6.01. The molecule has 1 aromatic carbocycles. The van der Waals surface area contributed by atoms with E-state index in [2.05, 4.69) is 15.2 Å². The number of piperidine rings is 1. The third-order valence-electron chi connectivity index (χ3n) is 7.14. The smallest absolute Gasteiger partial charge is 0.276 e. The van der Waals surface area contributed by atoms with E-state index in [9.17, 15) is 14.7 Å². The number of nitrogens with one attached hydrogen (secondary N) is 1. The number of carbonyl (C=O) groups excluding carboxylic acids is 1. The summed E-state index contributed by atoms with van der Waals surface area (Å²) in [4.78, 5) is 30.6. The van der Waals surface area contributed by atoms with Crippen molar-refractivity contribution in [1.29, 1.82) is 0 Å². The van der Waals surface area contributed by atoms with Gasteiger partial charge in [0.25, 0.3) is 11.5 Å². The Morgan fingerprint density at radius 1 is 1.12 bits per heavy atom. The van der Waals surface area contributed by atoms with Crippen LogP contribution in [0.5, 0.6) is 0 Å². The van der Waals surface area contributed by atoms with Gasteiger partial charge in [-0.3, -0.25) is 14.6 Å². The Morgan fingerprint density at radius 3 is 2.58 bits per heavy atom. The molecule has 0 spiro atoms. The van der Waals surface area contributed by atoms with Gasteiger partial charge in [0.1, 0.15) is 5.52 Å². The lowest BCUT2D eigenvalue weighted by Gasteiger charge is -2.44. The molecule has 168 valence electrons. The normalized spacial score (nSPS) is 24.5. The van der Waals surface area contributed by atoms with Crippen molar-refractivity contribution in [2.24, 2.45) is 0 Å². The van der Waals surface area contributed by atoms with Crippen LogP contribution in [-0.2, 0) is 5.60 Å². The lowest BCUT2D eigenvalue weighted by molar-refractivity contribution is -0.0479. The van der Waals surface area contributed by atoms with Crippen molar-refractivity contribution < 1.29 is 9.90 Å². The number of fused-ring (bicyclic) bond motifs is 3. The summed E-state index contributed by atoms with van der Waals surface area (Å²) < 4.78 is 2.98. The van der Waals surface area contributed by atoms with Crippen molar-refractivity contribution in [2.75, 3.05) is 0 Å². The van der Waals surface area contributed by atoms with Gasteiger partial charge in [-0.1, -0.05) is 30.3 Å². The predicted octanol–water partition coefficient (Wildman–Crippen LogP) is 2.17. The van der Waals surface area contributed by atoms with Crippen molar-refractivity contribution >= 4 is 11.4 Å². The average molecular weight is 444 g/mol. The molecule has 9 nitrogen and oxygen atoms in total. The minimum Gasteiger partial charge on any atom is -0.385 e. The maximum atomic E-state index is 13.6. The predicted molar refractivity (Wildman–Crippen MR) is 120 cm³/mol. The Morgan fingerprint density at radius 2 is 1.85 bits per heavy atom. The molecule has 3 aromatic heterocycles. The molecular formula is C24H24N6O3. The van der Waals surface area contributed by atoms with Gasteiger partial charge in [-0.25, -0.2) is 9.20 Å². The number of nitrogens with zero attached hydrogens (tertiary/aromatic N) is 5. The summed E-state index contributed by atoms with van der Waals surface area (Å²) in [6.45, 7) is 1.80. The second-order valence-corrected chi connectivity index (χ2v) is 9.07. The molecule has 2 atom stereocenters. The summed E-state index contributed by atoms with van der Waals surface area (Å²) >= 11 is 0. The number of hydrogen-bond acceptors (Lipinski definition) is 5. The first-order valence-corrected chi connectivity index (χ1v) is 11.2. The van der Waals surface area contributed by atoms with E-state index in [0.717, 1.165) is 18.4 Å². The number of H-pyrrole nitrogens is 1. The molecule has 2 saturated heterocycles. The fourth-order valence-corrected chi connectivity index (χ4v) is 5.54. The van der Waals surface area contributed by atoms with E-state index in [0.29, 0.717) is 29.6 Å². The number of rotatable bonds is 3. The molecule has 33 heavy (non-hydrogen) atoms. The highest BCUT2D eigenvalue weighted by atomic mass is 16.3. The first-order chi connectivity index (χ1) is 15.9. The molecule has 9 heteroatoms. The highest BCUT2D eigenvalue weighted by molar-refractivity contribution is 5.96. The summed E-state index contributed by atoms with van der Waals surface area (Å²) in [5.74, 6) is 0.158. The molecule has 0 aliphatic carbocycles. The van der Waals surface area contributed by atoms with Gasteiger partial charge < -0.3 is 10.0 Å². The van der Waals surface area contributed by atoms with Crippen LogP contribution in [0.1, 0.15) is 47.3 Å². The summed E-state index contributed by atoms with van der Waals surface area (Å²) in [7, 11) is 0. The van der Waals surface area contributed by atoms with Crippen LogP contribution in [0.25, 0.3) is 11.5 Å². The van der Waals surface area contributed by atoms with Crippen molar-refractivity contribution in [3.63, 3.8) is 0 Å². The Hall–Kier alpha value is -3.72. The number of amides is 1. The first-order valence-electron chi connectivity index (χ1n) is 11.2. The largest absolute Gasteiger partial charge is 0.385 e. The minimum atomic E-state index is -0.918. The van der Waals surface area contributed by atoms with Crippen LogP contribution < -0.4 is 5.56 Å². The summed E-state index contributed by atoms with van der Waals surface area (Å²) in [6, 6.07) is 13.1. The summed E-state index contributed by atoms with van der Waals surface area (Å²) in [5, 5.41) is 20.2. The number of benzene rings is 1. The first kappa shape index (κ1) is 19.9. The quantitative estimate of drug-likeness (QED) is 0.504. The molecular weight excluding hydrogens is 420 g/mol. The number of carbonyl (C=O) groups is 1. The van der Waals surface area contributed by atoms with Crippen molar-refractivity contribution in [2.45, 2.75) is 50.3 Å². The Kier molecular flexibility index (Phi) is 4.31. The molecule has 2 bridgehead atoms. The van der Waals surface area contributed by atoms with Crippen LogP contribution in [0, 0.1) is 6.92 Å². The molecule has 1 amide bonds. The van der Waals surface area contributed by atoms with Crippen LogP contribution in [0.15, 0.2) is 59.7 Å². The molecule has 2 unspecified atom stereocenters. The zero-order chi connectivity index (χ0) is 22.7. The molecule has 2 N–H and O–H groups in total. The SMILES string of the molecule is Cc1c(C(=O)N2C3CCC2CC(O)(c2ccccc2)C3)cnn1-c1nn2cccc2c(=O)[nH]1. The van der Waals surface area contributed by atoms with Gasteiger partial charge in [0.15, 0.2) is 0 Å². The highest BCUT2D eigenvalue weighted by Crippen LogP contribution is 2.46. The van der Waals surface area contributed by atoms with E-state index in [1.807, 2.05) is 35.2 Å². The standard InChI is InChI=1S/C24H24N6O3/c1-15-19(14-25-30(15)23-26-21(31)20-8-5-11-28(20)27-23)22(32)29-17-9-10-18(29)13-24(33,12-17)16-6-3-2-4-7-16/h2-8,11,14,17-18,33H,9-10,12-13H2,1H3,(H,26,27,31). The molecule has 2 aliphatic heterocycles. The van der Waals surface area contributed by atoms with E-state index in [4.69, 9.17) is 0 Å². The maximum Gasteiger partial charge on any atom is 0.276 e. The molecule has 6 rings (SSSR count). The molecule has 5 heterocycles. The van der Waals surface area contributed by atoms with E-state index in [1.54, 1.807) is 25.3 Å². The fraction of sp³-hybridized carbons (Fsp3) is 0.333. The third kappa shape index (κ3) is 3.03. The zero-order valence-electron chi connectivity index (χ0n) is 18.2. The minimum absolute atomic E-state index is 0.0293. The second kappa shape index (κ2) is 7.14. The number of hydrogen-bond donors (Lipinski definition) is 2. The third-order valence-corrected chi connectivity index (χ3v) is 7.14. The Balaban J connectivity index is 1.31. The van der Waals surface area contributed by atoms with Crippen molar-refractivity contribution in [3.8, 4) is 5.95 Å². The van der Waals surface area contributed by atoms with Crippen LogP contribution >= 0.6 is 0 Å². The van der Waals surface area contributed by atoms with Gasteiger partial charge in [-0.2, -0.15) is 5.10 Å². The molecule has 0 radical (unpaired) electrons. The number of aromatic nitrogens is 5. The second-order valence-electron chi connectivity index (χ2n) is 9.07. The van der Waals surface area contributed by atoms with E-state index < -0.39 is 5.60 Å². The Labute approximate surface area is 189 Å². The molecule has 4 aromatic rings. The number of aromatic amines is 1. The summed E-state index contributed by atoms with van der Waals surface area (Å²) in [5.41, 5.74) is 1.25. The van der Waals surface area contributed by atoms with Gasteiger partial charge in [0, 0.05) is 31.1 Å². The van der Waals surface area contributed by atoms with Gasteiger partial charge in [0.05, 0.1) is 23.1 Å². The molecule has 0 saturated carbocycles. The highest BCUT2D eigenvalue weighted by Gasteiger charge is 2.50. The topological polar surface area (TPSA) is 109 Å². The maximum absolute atomic E-state index is 13.6. The van der Waals surface area contributed by atoms with Crippen LogP contribution in [-0.4, -0.2) is 52.4 Å². The van der Waals surface area contributed by atoms with Crippen LogP contribution in [0.2, 0.25) is 0 Å². The van der Waals surface area contributed by atoms with E-state index in [1.165, 1.54) is 15.4 Å². The van der Waals surface area contributed by atoms with Gasteiger partial charge in [-0.05, 0) is 37.5 Å². The number of aliphatic hydroxyl groups is 1. The lowest BCUT2D eigenvalue weighted by atomic mass is 9.80. The van der Waals surface area contributed by atoms with Gasteiger partial charge >= 0.3 is 0 Å².